The minimum absolute atomic E-state index is 0.282. The van der Waals surface area contributed by atoms with Gasteiger partial charge in [0.05, 0.1) is 6.61 Å². The SMILES string of the molecule is C=CCOC(c1ccccc1Cl)C(Cl)(Cl)Cl. The molecule has 0 aromatic heterocycles. The zero-order chi connectivity index (χ0) is 12.2. The maximum Gasteiger partial charge on any atom is 0.220 e. The van der Waals surface area contributed by atoms with Gasteiger partial charge in [0.1, 0.15) is 6.10 Å². The Morgan fingerprint density at radius 3 is 2.44 bits per heavy atom. The molecule has 0 aliphatic carbocycles. The Kier molecular flexibility index (Phi) is 5.42. The fourth-order valence-electron chi connectivity index (χ4n) is 1.21. The Morgan fingerprint density at radius 1 is 1.31 bits per heavy atom. The highest BCUT2D eigenvalue weighted by atomic mass is 35.6. The summed E-state index contributed by atoms with van der Waals surface area (Å²) < 4.78 is 3.85. The molecule has 5 heteroatoms. The topological polar surface area (TPSA) is 9.23 Å². The number of rotatable bonds is 4. The number of halogens is 4. The van der Waals surface area contributed by atoms with Crippen LogP contribution in [0.25, 0.3) is 0 Å². The summed E-state index contributed by atoms with van der Waals surface area (Å²) in [6.07, 6.45) is 0.865. The van der Waals surface area contributed by atoms with E-state index in [9.17, 15) is 0 Å². The molecule has 16 heavy (non-hydrogen) atoms. The molecule has 0 N–H and O–H groups in total. The molecule has 0 saturated heterocycles. The van der Waals surface area contributed by atoms with Crippen molar-refractivity contribution in [2.24, 2.45) is 0 Å². The first-order chi connectivity index (χ1) is 7.46. The molecule has 0 amide bonds. The largest absolute Gasteiger partial charge is 0.365 e. The molecule has 0 spiro atoms. The molecule has 88 valence electrons. The molecule has 0 fully saturated rings. The molecule has 1 aromatic carbocycles. The van der Waals surface area contributed by atoms with Crippen molar-refractivity contribution in [2.75, 3.05) is 6.61 Å². The van der Waals surface area contributed by atoms with E-state index in [1.807, 2.05) is 6.07 Å². The Morgan fingerprint density at radius 2 is 1.94 bits per heavy atom. The maximum absolute atomic E-state index is 6.02. The zero-order valence-corrected chi connectivity index (χ0v) is 11.3. The van der Waals surface area contributed by atoms with E-state index < -0.39 is 9.90 Å². The van der Waals surface area contributed by atoms with E-state index in [2.05, 4.69) is 6.58 Å². The summed E-state index contributed by atoms with van der Waals surface area (Å²) >= 11 is 23.6. The Balaban J connectivity index is 3.01. The second kappa shape index (κ2) is 6.13. The number of ether oxygens (including phenoxy) is 1. The molecule has 0 aliphatic heterocycles. The van der Waals surface area contributed by atoms with Crippen LogP contribution in [-0.4, -0.2) is 10.4 Å². The molecular weight excluding hydrogens is 290 g/mol. The Hall–Kier alpha value is 0.0800. The average Bonchev–Trinajstić information content (AvgIpc) is 2.19. The number of alkyl halides is 3. The van der Waals surface area contributed by atoms with Crippen molar-refractivity contribution in [1.82, 2.24) is 0 Å². The van der Waals surface area contributed by atoms with Gasteiger partial charge in [-0.2, -0.15) is 0 Å². The lowest BCUT2D eigenvalue weighted by molar-refractivity contribution is 0.0773. The summed E-state index contributed by atoms with van der Waals surface area (Å²) in [5, 5.41) is 0.503. The van der Waals surface area contributed by atoms with Gasteiger partial charge in [-0.1, -0.05) is 70.7 Å². The summed E-state index contributed by atoms with van der Waals surface area (Å²) in [4.78, 5) is 0. The van der Waals surface area contributed by atoms with Gasteiger partial charge < -0.3 is 4.74 Å². The van der Waals surface area contributed by atoms with E-state index in [1.54, 1.807) is 24.3 Å². The summed E-state index contributed by atoms with van der Waals surface area (Å²) in [5.41, 5.74) is 0.644. The molecule has 1 unspecified atom stereocenters. The third-order valence-corrected chi connectivity index (χ3v) is 2.80. The van der Waals surface area contributed by atoms with Gasteiger partial charge >= 0.3 is 0 Å². The molecule has 0 bridgehead atoms. The van der Waals surface area contributed by atoms with Crippen molar-refractivity contribution >= 4 is 46.4 Å². The summed E-state index contributed by atoms with van der Waals surface area (Å²) in [7, 11) is 0. The third-order valence-electron chi connectivity index (χ3n) is 1.87. The maximum atomic E-state index is 6.02. The van der Waals surface area contributed by atoms with Gasteiger partial charge in [0.2, 0.25) is 3.79 Å². The van der Waals surface area contributed by atoms with Crippen LogP contribution in [0.3, 0.4) is 0 Å². The van der Waals surface area contributed by atoms with Crippen LogP contribution in [0.4, 0.5) is 0 Å². The molecule has 1 atom stereocenters. The highest BCUT2D eigenvalue weighted by Gasteiger charge is 2.35. The lowest BCUT2D eigenvalue weighted by atomic mass is 10.1. The van der Waals surface area contributed by atoms with Crippen LogP contribution in [0.1, 0.15) is 11.7 Å². The van der Waals surface area contributed by atoms with Crippen molar-refractivity contribution < 1.29 is 4.74 Å². The van der Waals surface area contributed by atoms with Gasteiger partial charge in [0, 0.05) is 10.6 Å². The fraction of sp³-hybridized carbons (Fsp3) is 0.273. The minimum Gasteiger partial charge on any atom is -0.365 e. The van der Waals surface area contributed by atoms with Crippen LogP contribution in [0.15, 0.2) is 36.9 Å². The van der Waals surface area contributed by atoms with Gasteiger partial charge in [-0.3, -0.25) is 0 Å². The van der Waals surface area contributed by atoms with Crippen LogP contribution in [0, 0.1) is 0 Å². The monoisotopic (exact) mass is 298 g/mol. The van der Waals surface area contributed by atoms with E-state index in [1.165, 1.54) is 0 Å². The van der Waals surface area contributed by atoms with E-state index in [0.29, 0.717) is 10.6 Å². The van der Waals surface area contributed by atoms with Crippen molar-refractivity contribution in [1.29, 1.82) is 0 Å². The van der Waals surface area contributed by atoms with Crippen LogP contribution in [0.5, 0.6) is 0 Å². The third kappa shape index (κ3) is 3.83. The predicted molar refractivity (Wildman–Crippen MR) is 70.6 cm³/mol. The van der Waals surface area contributed by atoms with Crippen LogP contribution < -0.4 is 0 Å². The predicted octanol–water partition coefficient (Wildman–Crippen LogP) is 4.95. The number of benzene rings is 1. The number of hydrogen-bond donors (Lipinski definition) is 0. The lowest BCUT2D eigenvalue weighted by Gasteiger charge is -2.25. The summed E-state index contributed by atoms with van der Waals surface area (Å²) in [6, 6.07) is 7.09. The molecular formula is C11H10Cl4O. The molecule has 0 radical (unpaired) electrons. The van der Waals surface area contributed by atoms with Crippen LogP contribution in [0.2, 0.25) is 5.02 Å². The first-order valence-electron chi connectivity index (χ1n) is 4.50. The van der Waals surface area contributed by atoms with Crippen molar-refractivity contribution in [2.45, 2.75) is 9.90 Å². The van der Waals surface area contributed by atoms with Crippen molar-refractivity contribution in [3.8, 4) is 0 Å². The van der Waals surface area contributed by atoms with Gasteiger partial charge in [-0.25, -0.2) is 0 Å². The molecule has 1 rings (SSSR count). The second-order valence-electron chi connectivity index (χ2n) is 3.07. The first kappa shape index (κ1) is 14.1. The van der Waals surface area contributed by atoms with Gasteiger partial charge in [-0.05, 0) is 6.07 Å². The van der Waals surface area contributed by atoms with Gasteiger partial charge in [-0.15, -0.1) is 6.58 Å². The summed E-state index contributed by atoms with van der Waals surface area (Å²) in [6.45, 7) is 3.83. The molecule has 0 heterocycles. The van der Waals surface area contributed by atoms with E-state index >= 15 is 0 Å². The first-order valence-corrected chi connectivity index (χ1v) is 6.01. The van der Waals surface area contributed by atoms with Crippen LogP contribution >= 0.6 is 46.4 Å². The minimum atomic E-state index is -1.58. The van der Waals surface area contributed by atoms with Gasteiger partial charge in [0.15, 0.2) is 0 Å². The smallest absolute Gasteiger partial charge is 0.220 e. The standard InChI is InChI=1S/C11H10Cl4O/c1-2-7-16-10(11(13,14)15)8-5-3-4-6-9(8)12/h2-6,10H,1,7H2. The van der Waals surface area contributed by atoms with E-state index in [4.69, 9.17) is 51.1 Å². The van der Waals surface area contributed by atoms with E-state index in [0.717, 1.165) is 0 Å². The highest BCUT2D eigenvalue weighted by molar-refractivity contribution is 6.68. The highest BCUT2D eigenvalue weighted by Crippen LogP contribution is 2.44. The second-order valence-corrected chi connectivity index (χ2v) is 5.84. The quantitative estimate of drug-likeness (QED) is 0.564. The van der Waals surface area contributed by atoms with Gasteiger partial charge in [0.25, 0.3) is 0 Å². The fourth-order valence-corrected chi connectivity index (χ4v) is 1.99. The lowest BCUT2D eigenvalue weighted by Crippen LogP contribution is -2.20. The van der Waals surface area contributed by atoms with Crippen molar-refractivity contribution in [3.63, 3.8) is 0 Å². The number of hydrogen-bond acceptors (Lipinski definition) is 1. The molecule has 0 saturated carbocycles. The molecule has 0 aliphatic rings. The molecule has 1 aromatic rings. The zero-order valence-electron chi connectivity index (χ0n) is 8.30. The normalized spacial score (nSPS) is 13.5. The van der Waals surface area contributed by atoms with Crippen molar-refractivity contribution in [3.05, 3.63) is 47.5 Å². The van der Waals surface area contributed by atoms with E-state index in [-0.39, 0.29) is 6.61 Å². The molecule has 1 nitrogen and oxygen atoms in total. The Labute approximate surface area is 115 Å². The Bertz CT molecular complexity index is 359. The summed E-state index contributed by atoms with van der Waals surface area (Å²) in [5.74, 6) is 0. The van der Waals surface area contributed by atoms with Crippen LogP contribution in [-0.2, 0) is 4.74 Å². The average molecular weight is 300 g/mol.